The van der Waals surface area contributed by atoms with Gasteiger partial charge in [0.1, 0.15) is 0 Å². The average molecular weight is 362 g/mol. The minimum Gasteiger partial charge on any atom is -0.481 e. The number of rotatable bonds is 5. The number of hydrogen-bond donors (Lipinski definition) is 3. The van der Waals surface area contributed by atoms with Crippen LogP contribution in [0.4, 0.5) is 0 Å². The Bertz CT molecular complexity index is 796. The summed E-state index contributed by atoms with van der Waals surface area (Å²) in [5, 5.41) is 13.9. The Morgan fingerprint density at radius 2 is 1.65 bits per heavy atom. The number of nitrogens with one attached hydrogen (secondary N) is 1. The summed E-state index contributed by atoms with van der Waals surface area (Å²) in [4.78, 5) is 10.4. The largest absolute Gasteiger partial charge is 0.481 e. The molecule has 10 heteroatoms. The lowest BCUT2D eigenvalue weighted by Crippen LogP contribution is -2.38. The standard InChI is InChI=1S/C13H18N2O6S2/c14-22(18,19)11-2-1-3-12(8-11)23(20,21)15-10-6-4-9(5-7-10)13(16)17/h1-3,8-10,15H,4-7H2,(H,16,17)(H2,14,18,19). The van der Waals surface area contributed by atoms with Gasteiger partial charge in [-0.05, 0) is 43.9 Å². The van der Waals surface area contributed by atoms with Gasteiger partial charge in [-0.2, -0.15) is 0 Å². The minimum atomic E-state index is -3.99. The van der Waals surface area contributed by atoms with Crippen molar-refractivity contribution in [1.29, 1.82) is 0 Å². The number of benzene rings is 1. The summed E-state index contributed by atoms with van der Waals surface area (Å²) in [6, 6.07) is 4.43. The Morgan fingerprint density at radius 1 is 1.09 bits per heavy atom. The molecular weight excluding hydrogens is 344 g/mol. The molecule has 0 radical (unpaired) electrons. The fraction of sp³-hybridized carbons (Fsp3) is 0.462. The Kier molecular flexibility index (Phi) is 5.09. The molecule has 1 aromatic rings. The fourth-order valence-electron chi connectivity index (χ4n) is 2.56. The molecule has 0 atom stereocenters. The summed E-state index contributed by atoms with van der Waals surface area (Å²) in [6.07, 6.45) is 1.65. The molecule has 1 aromatic carbocycles. The lowest BCUT2D eigenvalue weighted by atomic mass is 9.87. The highest BCUT2D eigenvalue weighted by Gasteiger charge is 2.29. The first kappa shape index (κ1) is 17.9. The van der Waals surface area contributed by atoms with E-state index in [1.807, 2.05) is 0 Å². The average Bonchev–Trinajstić information content (AvgIpc) is 2.46. The van der Waals surface area contributed by atoms with Crippen LogP contribution < -0.4 is 9.86 Å². The van der Waals surface area contributed by atoms with Crippen LogP contribution in [0.3, 0.4) is 0 Å². The number of carboxylic acids is 1. The third-order valence-electron chi connectivity index (χ3n) is 3.84. The van der Waals surface area contributed by atoms with Gasteiger partial charge in [-0.3, -0.25) is 4.79 Å². The molecule has 0 aliphatic heterocycles. The maximum atomic E-state index is 12.3. The lowest BCUT2D eigenvalue weighted by Gasteiger charge is -2.26. The van der Waals surface area contributed by atoms with Gasteiger partial charge in [-0.25, -0.2) is 26.7 Å². The SMILES string of the molecule is NS(=O)(=O)c1cccc(S(=O)(=O)NC2CCC(C(=O)O)CC2)c1. The molecule has 0 heterocycles. The van der Waals surface area contributed by atoms with Crippen LogP contribution in [-0.4, -0.2) is 34.0 Å². The van der Waals surface area contributed by atoms with Crippen LogP contribution in [-0.2, 0) is 24.8 Å². The molecule has 2 rings (SSSR count). The van der Waals surface area contributed by atoms with Crippen molar-refractivity contribution in [2.24, 2.45) is 11.1 Å². The van der Waals surface area contributed by atoms with Gasteiger partial charge < -0.3 is 5.11 Å². The molecule has 0 aromatic heterocycles. The zero-order valence-corrected chi connectivity index (χ0v) is 13.8. The summed E-state index contributed by atoms with van der Waals surface area (Å²) in [6.45, 7) is 0. The zero-order chi connectivity index (χ0) is 17.3. The Labute approximate surface area is 134 Å². The molecule has 4 N–H and O–H groups in total. The van der Waals surface area contributed by atoms with E-state index in [1.165, 1.54) is 18.2 Å². The third kappa shape index (κ3) is 4.50. The number of carboxylic acid groups (broad SMARTS) is 1. The number of carbonyl (C=O) groups is 1. The summed E-state index contributed by atoms with van der Waals surface area (Å²) in [5.41, 5.74) is 0. The number of primary sulfonamides is 1. The predicted molar refractivity (Wildman–Crippen MR) is 81.5 cm³/mol. The van der Waals surface area contributed by atoms with Crippen molar-refractivity contribution in [3.05, 3.63) is 24.3 Å². The van der Waals surface area contributed by atoms with Crippen molar-refractivity contribution in [3.8, 4) is 0 Å². The molecule has 23 heavy (non-hydrogen) atoms. The van der Waals surface area contributed by atoms with Gasteiger partial charge >= 0.3 is 5.97 Å². The summed E-state index contributed by atoms with van der Waals surface area (Å²) < 4.78 is 49.8. The second-order valence-electron chi connectivity index (χ2n) is 5.53. The second-order valence-corrected chi connectivity index (χ2v) is 8.80. The summed E-state index contributed by atoms with van der Waals surface area (Å²) in [5.74, 6) is -1.31. The number of hydrogen-bond acceptors (Lipinski definition) is 5. The van der Waals surface area contributed by atoms with Crippen LogP contribution in [0.25, 0.3) is 0 Å². The van der Waals surface area contributed by atoms with Gasteiger partial charge in [0.2, 0.25) is 20.0 Å². The molecule has 1 saturated carbocycles. The van der Waals surface area contributed by atoms with Crippen LogP contribution >= 0.6 is 0 Å². The molecule has 0 unspecified atom stereocenters. The predicted octanol–water partition coefficient (Wildman–Crippen LogP) is 0.256. The Hall–Kier alpha value is -1.49. The molecule has 8 nitrogen and oxygen atoms in total. The van der Waals surface area contributed by atoms with E-state index in [0.29, 0.717) is 25.7 Å². The molecule has 0 bridgehead atoms. The molecule has 1 aliphatic rings. The second kappa shape index (κ2) is 6.56. The highest BCUT2D eigenvalue weighted by Crippen LogP contribution is 2.26. The van der Waals surface area contributed by atoms with Gasteiger partial charge in [0.15, 0.2) is 0 Å². The number of sulfonamides is 2. The van der Waals surface area contributed by atoms with E-state index in [4.69, 9.17) is 10.2 Å². The van der Waals surface area contributed by atoms with E-state index in [-0.39, 0.29) is 15.8 Å². The van der Waals surface area contributed by atoms with E-state index in [9.17, 15) is 21.6 Å². The van der Waals surface area contributed by atoms with Gasteiger partial charge in [-0.15, -0.1) is 0 Å². The van der Waals surface area contributed by atoms with E-state index in [1.54, 1.807) is 0 Å². The Balaban J connectivity index is 2.13. The monoisotopic (exact) mass is 362 g/mol. The van der Waals surface area contributed by atoms with Gasteiger partial charge in [0.05, 0.1) is 15.7 Å². The molecule has 0 saturated heterocycles. The minimum absolute atomic E-state index is 0.190. The first-order chi connectivity index (χ1) is 10.6. The fourth-order valence-corrected chi connectivity index (χ4v) is 4.55. The highest BCUT2D eigenvalue weighted by atomic mass is 32.2. The van der Waals surface area contributed by atoms with Crippen molar-refractivity contribution in [2.45, 2.75) is 41.5 Å². The number of nitrogens with two attached hydrogens (primary N) is 1. The normalized spacial score (nSPS) is 22.7. The van der Waals surface area contributed by atoms with Crippen molar-refractivity contribution >= 4 is 26.0 Å². The summed E-state index contributed by atoms with van der Waals surface area (Å²) >= 11 is 0. The van der Waals surface area contributed by atoms with Crippen molar-refractivity contribution in [2.75, 3.05) is 0 Å². The molecular formula is C13H18N2O6S2. The first-order valence-corrected chi connectivity index (χ1v) is 10.0. The molecule has 128 valence electrons. The molecule has 0 spiro atoms. The topological polar surface area (TPSA) is 144 Å². The maximum absolute atomic E-state index is 12.3. The van der Waals surface area contributed by atoms with Crippen LogP contribution in [0.5, 0.6) is 0 Å². The van der Waals surface area contributed by atoms with E-state index < -0.39 is 31.9 Å². The maximum Gasteiger partial charge on any atom is 0.306 e. The molecule has 0 amide bonds. The molecule has 1 aliphatic carbocycles. The van der Waals surface area contributed by atoms with E-state index in [2.05, 4.69) is 4.72 Å². The van der Waals surface area contributed by atoms with Crippen molar-refractivity contribution in [3.63, 3.8) is 0 Å². The Morgan fingerprint density at radius 3 is 2.17 bits per heavy atom. The number of aliphatic carboxylic acids is 1. The van der Waals surface area contributed by atoms with E-state index >= 15 is 0 Å². The first-order valence-electron chi connectivity index (χ1n) is 6.97. The van der Waals surface area contributed by atoms with E-state index in [0.717, 1.165) is 6.07 Å². The highest BCUT2D eigenvalue weighted by molar-refractivity contribution is 7.90. The van der Waals surface area contributed by atoms with Gasteiger partial charge in [-0.1, -0.05) is 6.07 Å². The van der Waals surface area contributed by atoms with Crippen LogP contribution in [0, 0.1) is 5.92 Å². The lowest BCUT2D eigenvalue weighted by molar-refractivity contribution is -0.142. The van der Waals surface area contributed by atoms with Crippen LogP contribution in [0.15, 0.2) is 34.1 Å². The van der Waals surface area contributed by atoms with Crippen LogP contribution in [0.1, 0.15) is 25.7 Å². The quantitative estimate of drug-likeness (QED) is 0.685. The third-order valence-corrected chi connectivity index (χ3v) is 6.27. The van der Waals surface area contributed by atoms with Crippen molar-refractivity contribution < 1.29 is 26.7 Å². The smallest absolute Gasteiger partial charge is 0.306 e. The van der Waals surface area contributed by atoms with Crippen molar-refractivity contribution in [1.82, 2.24) is 4.72 Å². The summed E-state index contributed by atoms with van der Waals surface area (Å²) in [7, 11) is -7.89. The van der Waals surface area contributed by atoms with Gasteiger partial charge in [0, 0.05) is 6.04 Å². The van der Waals surface area contributed by atoms with Gasteiger partial charge in [0.25, 0.3) is 0 Å². The molecule has 1 fully saturated rings. The van der Waals surface area contributed by atoms with Crippen LogP contribution in [0.2, 0.25) is 0 Å². The zero-order valence-electron chi connectivity index (χ0n) is 12.2.